The van der Waals surface area contributed by atoms with E-state index >= 15 is 0 Å². The van der Waals surface area contributed by atoms with Crippen LogP contribution >= 0.6 is 34.3 Å². The third-order valence-electron chi connectivity index (χ3n) is 6.95. The fourth-order valence-electron chi connectivity index (χ4n) is 4.01. The van der Waals surface area contributed by atoms with Crippen molar-refractivity contribution in [1.29, 1.82) is 0 Å². The van der Waals surface area contributed by atoms with E-state index in [-0.39, 0.29) is 58.9 Å². The molecule has 10 heteroatoms. The van der Waals surface area contributed by atoms with Crippen LogP contribution in [0.2, 0.25) is 0 Å². The Bertz CT molecular complexity index is 1060. The van der Waals surface area contributed by atoms with Crippen LogP contribution in [0.1, 0.15) is 84.7 Å². The third-order valence-corrected chi connectivity index (χ3v) is 10.6. The van der Waals surface area contributed by atoms with Gasteiger partial charge in [-0.3, -0.25) is 0 Å². The van der Waals surface area contributed by atoms with Crippen molar-refractivity contribution in [2.24, 2.45) is 0 Å². The van der Waals surface area contributed by atoms with Crippen LogP contribution in [0.25, 0.3) is 0 Å². The highest BCUT2D eigenvalue weighted by atomic mass is 127. The molecule has 2 aromatic rings. The van der Waals surface area contributed by atoms with Gasteiger partial charge in [0.15, 0.2) is 12.1 Å². The van der Waals surface area contributed by atoms with Crippen LogP contribution in [0.5, 0.6) is 5.75 Å². The summed E-state index contributed by atoms with van der Waals surface area (Å²) in [4.78, 5) is 10.7. The zero-order valence-corrected chi connectivity index (χ0v) is 31.9. The first-order valence-electron chi connectivity index (χ1n) is 15.1. The van der Waals surface area contributed by atoms with Gasteiger partial charge in [-0.2, -0.15) is 0 Å². The number of carboxylic acids is 1. The average Bonchev–Trinajstić information content (AvgIpc) is 3.31. The van der Waals surface area contributed by atoms with E-state index in [0.29, 0.717) is 25.4 Å². The van der Waals surface area contributed by atoms with Crippen LogP contribution in [-0.4, -0.2) is 72.4 Å². The van der Waals surface area contributed by atoms with E-state index in [9.17, 15) is 4.79 Å². The molecule has 0 radical (unpaired) electrons. The van der Waals surface area contributed by atoms with Gasteiger partial charge in [-0.05, 0) is 56.2 Å². The number of methoxy groups -OCH3 is 1. The highest BCUT2D eigenvalue weighted by molar-refractivity contribution is 14.0. The molecule has 0 aliphatic carbocycles. The summed E-state index contributed by atoms with van der Waals surface area (Å²) >= 11 is 0. The molecule has 254 valence electrons. The second-order valence-electron chi connectivity index (χ2n) is 11.4. The number of carboxylic acid groups (broad SMARTS) is 1. The first-order valence-corrected chi connectivity index (χ1v) is 17.5. The Labute approximate surface area is 285 Å². The number of benzene rings is 2. The maximum absolute atomic E-state index is 10.7. The molecule has 4 rings (SSSR count). The molecule has 2 saturated heterocycles. The van der Waals surface area contributed by atoms with Crippen molar-refractivity contribution in [3.63, 3.8) is 0 Å². The molecule has 1 N–H and O–H groups in total. The largest absolute Gasteiger partial charge is 0.489 e. The maximum atomic E-state index is 10.7. The third kappa shape index (κ3) is 13.5. The fraction of sp³-hybridized carbons (Fsp3) is 0.618. The number of ether oxygens (including phenoxy) is 5. The Kier molecular flexibility index (Phi) is 19.3. The Morgan fingerprint density at radius 1 is 0.977 bits per heavy atom. The van der Waals surface area contributed by atoms with Gasteiger partial charge in [0.2, 0.25) is 0 Å². The van der Waals surface area contributed by atoms with Gasteiger partial charge in [-0.25, -0.2) is 4.79 Å². The molecular formula is C34H57IO8S. The van der Waals surface area contributed by atoms with Crippen molar-refractivity contribution in [2.45, 2.75) is 110 Å². The summed E-state index contributed by atoms with van der Waals surface area (Å²) in [5.41, 5.74) is 1.34. The zero-order valence-electron chi connectivity index (χ0n) is 28.7. The number of fused-ring (bicyclic) bond motifs is 1. The lowest BCUT2D eigenvalue weighted by Crippen LogP contribution is -2.49. The normalized spacial score (nSPS) is 22.2. The van der Waals surface area contributed by atoms with E-state index in [0.717, 1.165) is 5.56 Å². The van der Waals surface area contributed by atoms with Crippen LogP contribution in [0.4, 0.5) is 0 Å². The van der Waals surface area contributed by atoms with Gasteiger partial charge < -0.3 is 33.0 Å². The van der Waals surface area contributed by atoms with Crippen molar-refractivity contribution < 1.29 is 37.8 Å². The second-order valence-corrected chi connectivity index (χ2v) is 15.4. The van der Waals surface area contributed by atoms with Gasteiger partial charge in [-0.1, -0.05) is 78.8 Å². The van der Waals surface area contributed by atoms with E-state index in [1.54, 1.807) is 19.2 Å². The quantitative estimate of drug-likeness (QED) is 0.268. The van der Waals surface area contributed by atoms with Gasteiger partial charge in [0.25, 0.3) is 0 Å². The molecule has 8 nitrogen and oxygen atoms in total. The van der Waals surface area contributed by atoms with Crippen LogP contribution in [0, 0.1) is 0 Å². The Hall–Kier alpha value is -1.41. The second kappa shape index (κ2) is 20.0. The first-order chi connectivity index (χ1) is 20.2. The average molecular weight is 753 g/mol. The van der Waals surface area contributed by atoms with Gasteiger partial charge >= 0.3 is 5.97 Å². The van der Waals surface area contributed by atoms with Gasteiger partial charge in [0, 0.05) is 18.3 Å². The van der Waals surface area contributed by atoms with Crippen LogP contribution in [-0.2, 0) is 29.7 Å². The molecule has 4 atom stereocenters. The van der Waals surface area contributed by atoms with Crippen LogP contribution in [0.3, 0.4) is 0 Å². The van der Waals surface area contributed by atoms with Gasteiger partial charge in [0.1, 0.15) is 24.6 Å². The molecular weight excluding hydrogens is 695 g/mol. The summed E-state index contributed by atoms with van der Waals surface area (Å²) in [5, 5.41) is 8.74. The SMILES string of the molecule is CC.CC.CO[C@H]1C[C@H]2OC(C)(C)O[C@H]2[C@@H](COS(C)(C)C(C)(C)C)O1.I.O=C(O)c1ccc(OCc2ccccc2)cc1. The van der Waals surface area contributed by atoms with Crippen LogP contribution < -0.4 is 4.74 Å². The molecule has 0 saturated carbocycles. The Morgan fingerprint density at radius 2 is 1.55 bits per heavy atom. The minimum Gasteiger partial charge on any atom is -0.489 e. The van der Waals surface area contributed by atoms with Crippen molar-refractivity contribution in [1.82, 2.24) is 0 Å². The number of hydrogen-bond acceptors (Lipinski definition) is 7. The molecule has 0 unspecified atom stereocenters. The zero-order chi connectivity index (χ0) is 32.8. The van der Waals surface area contributed by atoms with Gasteiger partial charge in [0.05, 0.1) is 18.3 Å². The van der Waals surface area contributed by atoms with E-state index in [1.165, 1.54) is 12.1 Å². The molecule has 0 bridgehead atoms. The van der Waals surface area contributed by atoms with E-state index in [1.807, 2.05) is 71.9 Å². The van der Waals surface area contributed by atoms with E-state index < -0.39 is 22.1 Å². The summed E-state index contributed by atoms with van der Waals surface area (Å²) in [7, 11) is 0.465. The number of rotatable bonds is 8. The lowest BCUT2D eigenvalue weighted by molar-refractivity contribution is -0.226. The molecule has 2 aliphatic heterocycles. The smallest absolute Gasteiger partial charge is 0.335 e. The number of halogens is 1. The fourth-order valence-corrected chi connectivity index (χ4v) is 4.84. The lowest BCUT2D eigenvalue weighted by atomic mass is 10.0. The van der Waals surface area contributed by atoms with Crippen molar-refractivity contribution in [2.75, 3.05) is 26.2 Å². The maximum Gasteiger partial charge on any atom is 0.335 e. The number of hydrogen-bond donors (Lipinski definition) is 1. The predicted molar refractivity (Wildman–Crippen MR) is 192 cm³/mol. The molecule has 2 aromatic carbocycles. The first kappa shape index (κ1) is 42.6. The predicted octanol–water partition coefficient (Wildman–Crippen LogP) is 8.70. The summed E-state index contributed by atoms with van der Waals surface area (Å²) in [5.74, 6) is -0.843. The van der Waals surface area contributed by atoms with E-state index in [2.05, 4.69) is 33.3 Å². The highest BCUT2D eigenvalue weighted by Crippen LogP contribution is 2.54. The van der Waals surface area contributed by atoms with Gasteiger partial charge in [-0.15, -0.1) is 34.3 Å². The van der Waals surface area contributed by atoms with E-state index in [4.69, 9.17) is 33.0 Å². The summed E-state index contributed by atoms with van der Waals surface area (Å²) < 4.78 is 35.3. The Balaban J connectivity index is 0.000000757. The molecule has 2 heterocycles. The summed E-state index contributed by atoms with van der Waals surface area (Å²) in [6, 6.07) is 16.2. The van der Waals surface area contributed by atoms with Crippen molar-refractivity contribution in [3.05, 3.63) is 65.7 Å². The molecule has 0 aromatic heterocycles. The van der Waals surface area contributed by atoms with Crippen LogP contribution in [0.15, 0.2) is 54.6 Å². The molecule has 44 heavy (non-hydrogen) atoms. The summed E-state index contributed by atoms with van der Waals surface area (Å²) in [6.45, 7) is 19.5. The number of carbonyl (C=O) groups is 1. The monoisotopic (exact) mass is 752 g/mol. The number of aromatic carboxylic acids is 1. The minimum absolute atomic E-state index is 0. The standard InChI is InChI=1S/C16H32O5S.C14H12O3.2C2H6.HI/c1-15(2,3)22(7,8)18-10-12-14-11(9-13(17-6)19-12)20-16(4,5)21-14;15-14(16)12-6-8-13(9-7-12)17-10-11-4-2-1-3-5-11;2*1-2;/h11-14H,9-10H2,1-8H3;1-9H,10H2,(H,15,16);2*1-2H3;1H/t11-,12-,13-,14-;;;;/m1..../s1. The molecule has 2 aliphatic rings. The molecule has 2 fully saturated rings. The molecule has 0 spiro atoms. The Morgan fingerprint density at radius 3 is 2.05 bits per heavy atom. The van der Waals surface area contributed by atoms with Crippen molar-refractivity contribution in [3.8, 4) is 5.75 Å². The summed E-state index contributed by atoms with van der Waals surface area (Å²) in [6.07, 6.45) is 4.54. The molecule has 0 amide bonds. The highest BCUT2D eigenvalue weighted by Gasteiger charge is 2.50. The topological polar surface area (TPSA) is 92.7 Å². The minimum atomic E-state index is -1.20. The van der Waals surface area contributed by atoms with Crippen molar-refractivity contribution >= 4 is 40.3 Å². The lowest BCUT2D eigenvalue weighted by Gasteiger charge is -2.45.